The lowest BCUT2D eigenvalue weighted by molar-refractivity contribution is -0.149. The van der Waals surface area contributed by atoms with Crippen molar-refractivity contribution < 1.29 is 28.3 Å². The van der Waals surface area contributed by atoms with Gasteiger partial charge in [-0.2, -0.15) is 0 Å². The number of anilines is 1. The van der Waals surface area contributed by atoms with Crippen LogP contribution in [0.4, 0.5) is 9.80 Å². The van der Waals surface area contributed by atoms with E-state index in [1.807, 2.05) is 6.92 Å². The number of aromatic nitrogens is 1. The quantitative estimate of drug-likeness (QED) is 0.433. The molecule has 0 bridgehead atoms. The van der Waals surface area contributed by atoms with Gasteiger partial charge in [-0.3, -0.25) is 19.0 Å². The van der Waals surface area contributed by atoms with Crippen LogP contribution in [0.3, 0.4) is 0 Å². The number of pyridine rings is 1. The Morgan fingerprint density at radius 2 is 2.03 bits per heavy atom. The van der Waals surface area contributed by atoms with Crippen LogP contribution in [-0.2, 0) is 19.9 Å². The maximum Gasteiger partial charge on any atom is 0.297 e. The Labute approximate surface area is 228 Å². The van der Waals surface area contributed by atoms with Gasteiger partial charge in [-0.1, -0.05) is 6.92 Å². The minimum absolute atomic E-state index is 0.0605. The molecular formula is C28H36FN3O6Si. The second-order valence-corrected chi connectivity index (χ2v) is 15.2. The molecule has 2 amide bonds. The van der Waals surface area contributed by atoms with Crippen molar-refractivity contribution in [3.05, 3.63) is 52.4 Å². The number of likely N-dealkylation sites (N-methyl/N-ethyl adjacent to an activating group) is 1. The van der Waals surface area contributed by atoms with E-state index in [4.69, 9.17) is 9.47 Å². The third kappa shape index (κ3) is 4.22. The molecule has 0 radical (unpaired) electrons. The molecule has 4 heterocycles. The topological polar surface area (TPSA) is 101 Å². The molecule has 5 rings (SSSR count). The molecule has 2 saturated heterocycles. The van der Waals surface area contributed by atoms with Crippen LogP contribution in [0.2, 0.25) is 18.6 Å². The highest BCUT2D eigenvalue weighted by Gasteiger charge is 2.66. The molecule has 2 fully saturated rings. The highest BCUT2D eigenvalue weighted by Crippen LogP contribution is 2.60. The number of aliphatic hydroxyl groups excluding tert-OH is 1. The molecule has 1 N–H and O–H groups in total. The summed E-state index contributed by atoms with van der Waals surface area (Å²) in [6.07, 6.45) is 2.29. The zero-order valence-corrected chi connectivity index (χ0v) is 24.0. The third-order valence-electron chi connectivity index (χ3n) is 8.77. The first-order valence-corrected chi connectivity index (χ1v) is 16.4. The fourth-order valence-corrected chi connectivity index (χ4v) is 9.46. The Morgan fingerprint density at radius 3 is 2.69 bits per heavy atom. The Morgan fingerprint density at radius 1 is 1.28 bits per heavy atom. The Hall–Kier alpha value is -3.02. The number of hydrogen-bond donors (Lipinski definition) is 1. The third-order valence-corrected chi connectivity index (χ3v) is 11.2. The predicted octanol–water partition coefficient (Wildman–Crippen LogP) is 2.97. The average molecular weight is 558 g/mol. The number of aliphatic hydroxyl groups is 1. The fraction of sp³-hybridized carbons (Fsp3) is 0.536. The van der Waals surface area contributed by atoms with Crippen molar-refractivity contribution in [2.24, 2.45) is 5.92 Å². The number of nitrogens with zero attached hydrogens (tertiary/aromatic N) is 3. The van der Waals surface area contributed by atoms with Gasteiger partial charge < -0.3 is 28.5 Å². The summed E-state index contributed by atoms with van der Waals surface area (Å²) >= 11 is 0. The van der Waals surface area contributed by atoms with Crippen molar-refractivity contribution in [1.82, 2.24) is 9.47 Å². The van der Waals surface area contributed by atoms with Gasteiger partial charge in [-0.15, -0.1) is 0 Å². The molecular weight excluding hydrogens is 521 g/mol. The van der Waals surface area contributed by atoms with Crippen molar-refractivity contribution >= 4 is 25.9 Å². The van der Waals surface area contributed by atoms with Gasteiger partial charge in [0.25, 0.3) is 11.5 Å². The second kappa shape index (κ2) is 9.87. The van der Waals surface area contributed by atoms with Gasteiger partial charge in [0.1, 0.15) is 0 Å². The Kier molecular flexibility index (Phi) is 6.97. The molecule has 0 aliphatic carbocycles. The number of methoxy groups -OCH3 is 1. The summed E-state index contributed by atoms with van der Waals surface area (Å²) in [6.45, 7) is 5.45. The van der Waals surface area contributed by atoms with E-state index >= 15 is 4.11 Å². The number of carbonyl (C=O) groups is 2. The Bertz CT molecular complexity index is 1360. The summed E-state index contributed by atoms with van der Waals surface area (Å²) in [7, 11) is -0.351. The maximum absolute atomic E-state index is 16.0. The zero-order valence-electron chi connectivity index (χ0n) is 23.0. The van der Waals surface area contributed by atoms with Gasteiger partial charge in [0.15, 0.2) is 11.4 Å². The minimum Gasteiger partial charge on any atom is -0.491 e. The van der Waals surface area contributed by atoms with Crippen LogP contribution in [0.15, 0.2) is 41.3 Å². The zero-order chi connectivity index (χ0) is 28.3. The van der Waals surface area contributed by atoms with Crippen LogP contribution in [0.25, 0.3) is 5.69 Å². The van der Waals surface area contributed by atoms with Gasteiger partial charge in [0.05, 0.1) is 38.0 Å². The highest BCUT2D eigenvalue weighted by molar-refractivity contribution is 6.72. The molecule has 210 valence electrons. The van der Waals surface area contributed by atoms with Crippen molar-refractivity contribution in [3.8, 4) is 11.4 Å². The van der Waals surface area contributed by atoms with E-state index < -0.39 is 31.6 Å². The van der Waals surface area contributed by atoms with E-state index in [-0.39, 0.29) is 42.2 Å². The van der Waals surface area contributed by atoms with Crippen LogP contribution in [0.5, 0.6) is 5.75 Å². The van der Waals surface area contributed by atoms with Crippen molar-refractivity contribution in [2.75, 3.05) is 32.2 Å². The average Bonchev–Trinajstić information content (AvgIpc) is 3.55. The van der Waals surface area contributed by atoms with Crippen LogP contribution >= 0.6 is 0 Å². The van der Waals surface area contributed by atoms with E-state index in [2.05, 4.69) is 0 Å². The molecule has 1 spiro atoms. The standard InChI is InChI=1S/C28H36FN3O6Si/c1-17-25(39(4,5)29)23(15-24(34)31-12-6-8-19(31)16-33)38-28(17)20-14-18(10-11-21(20)30(2)27(28)36)32-13-7-9-22(37-3)26(32)35/h7,9-11,13-14,17,19,23,25,33H,6,8,12,15-16H2,1-5H3/t17-,19-,23+,25-,28+/m0/s1. The normalized spacial score (nSPS) is 28.4. The number of benzene rings is 1. The lowest BCUT2D eigenvalue weighted by atomic mass is 9.82. The Balaban J connectivity index is 1.59. The summed E-state index contributed by atoms with van der Waals surface area (Å²) in [6, 6.07) is 8.29. The number of halogens is 1. The second-order valence-electron chi connectivity index (χ2n) is 11.4. The van der Waals surface area contributed by atoms with Crippen molar-refractivity contribution in [1.29, 1.82) is 0 Å². The van der Waals surface area contributed by atoms with Gasteiger partial charge in [-0.05, 0) is 56.3 Å². The molecule has 1 aromatic heterocycles. The highest BCUT2D eigenvalue weighted by atomic mass is 28.4. The van der Waals surface area contributed by atoms with E-state index in [1.54, 1.807) is 61.6 Å². The smallest absolute Gasteiger partial charge is 0.297 e. The van der Waals surface area contributed by atoms with Gasteiger partial charge in [-0.25, -0.2) is 0 Å². The first-order valence-electron chi connectivity index (χ1n) is 13.4. The van der Waals surface area contributed by atoms with E-state index in [0.29, 0.717) is 23.5 Å². The SMILES string of the molecule is COc1cccn(-c2ccc3c(c2)[C@@]2(O[C@H](CC(=O)N4CCC[C@H]4CO)[C@@H]([Si](C)(C)F)[C@@H]2C)C(=O)N3C)c1=O. The van der Waals surface area contributed by atoms with Crippen LogP contribution in [0, 0.1) is 5.92 Å². The number of carbonyl (C=O) groups excluding carboxylic acids is 2. The van der Waals surface area contributed by atoms with Crippen LogP contribution in [0.1, 0.15) is 31.7 Å². The predicted molar refractivity (Wildman–Crippen MR) is 146 cm³/mol. The van der Waals surface area contributed by atoms with E-state index in [9.17, 15) is 19.5 Å². The molecule has 5 atom stereocenters. The van der Waals surface area contributed by atoms with Gasteiger partial charge >= 0.3 is 0 Å². The summed E-state index contributed by atoms with van der Waals surface area (Å²) in [5, 5.41) is 9.72. The molecule has 39 heavy (non-hydrogen) atoms. The number of amides is 2. The summed E-state index contributed by atoms with van der Waals surface area (Å²) < 4.78 is 29.2. The number of likely N-dealkylation sites (tertiary alicyclic amines) is 1. The largest absolute Gasteiger partial charge is 0.491 e. The summed E-state index contributed by atoms with van der Waals surface area (Å²) in [5.41, 5.74) is -0.766. The summed E-state index contributed by atoms with van der Waals surface area (Å²) in [5.74, 6) is -0.881. The maximum atomic E-state index is 16.0. The van der Waals surface area contributed by atoms with Gasteiger partial charge in [0, 0.05) is 42.5 Å². The van der Waals surface area contributed by atoms with Crippen molar-refractivity contribution in [2.45, 2.75) is 62.6 Å². The number of fused-ring (bicyclic) bond motifs is 2. The lowest BCUT2D eigenvalue weighted by Gasteiger charge is -2.31. The molecule has 0 unspecified atom stereocenters. The molecule has 9 nitrogen and oxygen atoms in total. The monoisotopic (exact) mass is 557 g/mol. The lowest BCUT2D eigenvalue weighted by Crippen LogP contribution is -2.44. The number of rotatable bonds is 6. The van der Waals surface area contributed by atoms with Crippen molar-refractivity contribution in [3.63, 3.8) is 0 Å². The number of ether oxygens (including phenoxy) is 2. The first kappa shape index (κ1) is 27.5. The molecule has 2 aromatic rings. The van der Waals surface area contributed by atoms with Crippen LogP contribution in [-0.4, -0.2) is 74.3 Å². The van der Waals surface area contributed by atoms with Crippen LogP contribution < -0.4 is 15.2 Å². The van der Waals surface area contributed by atoms with E-state index in [1.165, 1.54) is 16.6 Å². The summed E-state index contributed by atoms with van der Waals surface area (Å²) in [4.78, 5) is 43.5. The number of hydrogen-bond acceptors (Lipinski definition) is 6. The molecule has 0 saturated carbocycles. The van der Waals surface area contributed by atoms with E-state index in [0.717, 1.165) is 12.8 Å². The molecule has 3 aliphatic heterocycles. The molecule has 1 aromatic carbocycles. The minimum atomic E-state index is -3.43. The molecule has 11 heteroatoms. The fourth-order valence-electron chi connectivity index (χ4n) is 6.97. The first-order chi connectivity index (χ1) is 18.4. The van der Waals surface area contributed by atoms with Gasteiger partial charge in [0.2, 0.25) is 14.3 Å². The molecule has 3 aliphatic rings.